The van der Waals surface area contributed by atoms with Crippen molar-refractivity contribution in [1.29, 1.82) is 0 Å². The summed E-state index contributed by atoms with van der Waals surface area (Å²) >= 11 is 5.85. The maximum Gasteiger partial charge on any atom is 0.148 e. The van der Waals surface area contributed by atoms with Crippen LogP contribution in [0.2, 0.25) is 0 Å². The molecule has 0 amide bonds. The molecule has 0 saturated heterocycles. The van der Waals surface area contributed by atoms with Crippen LogP contribution in [0.1, 0.15) is 45.0 Å². The first-order valence-electron chi connectivity index (χ1n) is 5.66. The third-order valence-corrected chi connectivity index (χ3v) is 3.75. The molecule has 3 nitrogen and oxygen atoms in total. The van der Waals surface area contributed by atoms with Crippen LogP contribution in [-0.4, -0.2) is 14.8 Å². The van der Waals surface area contributed by atoms with Gasteiger partial charge in [0, 0.05) is 6.04 Å². The van der Waals surface area contributed by atoms with Crippen LogP contribution in [0.15, 0.2) is 6.33 Å². The molecular formula is C11H18ClN3. The number of alkyl halides is 1. The fourth-order valence-electron chi connectivity index (χ4n) is 2.70. The Bertz CT molecular complexity index is 323. The lowest BCUT2D eigenvalue weighted by molar-refractivity contribution is 0.205. The molecule has 4 heteroatoms. The van der Waals surface area contributed by atoms with E-state index in [1.54, 1.807) is 0 Å². The van der Waals surface area contributed by atoms with E-state index in [1.807, 2.05) is 6.33 Å². The Morgan fingerprint density at radius 3 is 2.93 bits per heavy atom. The summed E-state index contributed by atoms with van der Waals surface area (Å²) in [6, 6.07) is 0.546. The van der Waals surface area contributed by atoms with Gasteiger partial charge in [-0.05, 0) is 31.1 Å². The summed E-state index contributed by atoms with van der Waals surface area (Å²) in [6.07, 6.45) is 5.65. The van der Waals surface area contributed by atoms with Crippen LogP contribution in [0.5, 0.6) is 0 Å². The van der Waals surface area contributed by atoms with Gasteiger partial charge in [-0.15, -0.1) is 21.8 Å². The van der Waals surface area contributed by atoms with Gasteiger partial charge in [0.2, 0.25) is 0 Å². The summed E-state index contributed by atoms with van der Waals surface area (Å²) in [5, 5.41) is 7.99. The fourth-order valence-corrected chi connectivity index (χ4v) is 2.89. The highest BCUT2D eigenvalue weighted by Gasteiger charge is 2.27. The number of halogens is 1. The molecule has 1 aromatic heterocycles. The van der Waals surface area contributed by atoms with Crippen LogP contribution in [0.25, 0.3) is 0 Å². The summed E-state index contributed by atoms with van der Waals surface area (Å²) in [4.78, 5) is 0. The Kier molecular flexibility index (Phi) is 3.29. The number of hydrogen-bond acceptors (Lipinski definition) is 2. The number of hydrogen-bond donors (Lipinski definition) is 0. The van der Waals surface area contributed by atoms with E-state index in [1.165, 1.54) is 19.3 Å². The van der Waals surface area contributed by atoms with Gasteiger partial charge in [-0.3, -0.25) is 0 Å². The maximum atomic E-state index is 5.85. The minimum Gasteiger partial charge on any atom is -0.313 e. The molecule has 0 N–H and O–H groups in total. The van der Waals surface area contributed by atoms with E-state index < -0.39 is 0 Å². The topological polar surface area (TPSA) is 30.7 Å². The summed E-state index contributed by atoms with van der Waals surface area (Å²) in [6.45, 7) is 4.65. The molecule has 3 atom stereocenters. The SMILES string of the molecule is CC1CCC(n2cnnc2CCl)C(C)C1. The van der Waals surface area contributed by atoms with Gasteiger partial charge in [0.05, 0.1) is 5.88 Å². The fraction of sp³-hybridized carbons (Fsp3) is 0.818. The Labute approximate surface area is 95.8 Å². The number of nitrogens with zero attached hydrogens (tertiary/aromatic N) is 3. The molecule has 1 aromatic rings. The average Bonchev–Trinajstić information content (AvgIpc) is 2.65. The van der Waals surface area contributed by atoms with Crippen molar-refractivity contribution in [1.82, 2.24) is 14.8 Å². The van der Waals surface area contributed by atoms with Crippen LogP contribution in [0.4, 0.5) is 0 Å². The van der Waals surface area contributed by atoms with Crippen molar-refractivity contribution in [3.63, 3.8) is 0 Å². The molecule has 84 valence electrons. The molecule has 2 rings (SSSR count). The standard InChI is InChI=1S/C11H18ClN3/c1-8-3-4-10(9(2)5-8)15-7-13-14-11(15)6-12/h7-10H,3-6H2,1-2H3. The Morgan fingerprint density at radius 2 is 2.27 bits per heavy atom. The molecular weight excluding hydrogens is 210 g/mol. The third kappa shape index (κ3) is 2.17. The van der Waals surface area contributed by atoms with Crippen molar-refractivity contribution >= 4 is 11.6 Å². The smallest absolute Gasteiger partial charge is 0.148 e. The summed E-state index contributed by atoms with van der Waals surface area (Å²) in [5.74, 6) is 2.92. The predicted octanol–water partition coefficient (Wildman–Crippen LogP) is 3.01. The van der Waals surface area contributed by atoms with Crippen LogP contribution in [-0.2, 0) is 5.88 Å². The minimum absolute atomic E-state index is 0.457. The Morgan fingerprint density at radius 1 is 1.47 bits per heavy atom. The van der Waals surface area contributed by atoms with Crippen molar-refractivity contribution in [2.45, 2.75) is 45.0 Å². The van der Waals surface area contributed by atoms with Gasteiger partial charge in [-0.25, -0.2) is 0 Å². The lowest BCUT2D eigenvalue weighted by Gasteiger charge is -2.33. The lowest BCUT2D eigenvalue weighted by atomic mass is 9.80. The molecule has 1 fully saturated rings. The second kappa shape index (κ2) is 4.52. The summed E-state index contributed by atoms with van der Waals surface area (Å²) in [7, 11) is 0. The summed E-state index contributed by atoms with van der Waals surface area (Å²) < 4.78 is 2.17. The van der Waals surface area contributed by atoms with Crippen LogP contribution < -0.4 is 0 Å². The van der Waals surface area contributed by atoms with Gasteiger partial charge in [0.25, 0.3) is 0 Å². The zero-order valence-electron chi connectivity index (χ0n) is 9.36. The molecule has 3 unspecified atom stereocenters. The van der Waals surface area contributed by atoms with E-state index in [0.717, 1.165) is 11.7 Å². The molecule has 0 aromatic carbocycles. The second-order valence-corrected chi connectivity index (χ2v) is 5.02. The Balaban J connectivity index is 2.16. The first kappa shape index (κ1) is 10.9. The van der Waals surface area contributed by atoms with Crippen molar-refractivity contribution < 1.29 is 0 Å². The normalized spacial score (nSPS) is 31.8. The van der Waals surface area contributed by atoms with Crippen LogP contribution in [0, 0.1) is 11.8 Å². The number of rotatable bonds is 2. The van der Waals surface area contributed by atoms with Gasteiger partial charge in [-0.1, -0.05) is 13.8 Å². The maximum absolute atomic E-state index is 5.85. The molecule has 1 aliphatic rings. The van der Waals surface area contributed by atoms with Gasteiger partial charge >= 0.3 is 0 Å². The molecule has 15 heavy (non-hydrogen) atoms. The van der Waals surface area contributed by atoms with Crippen molar-refractivity contribution in [2.24, 2.45) is 11.8 Å². The zero-order valence-corrected chi connectivity index (χ0v) is 10.1. The highest BCUT2D eigenvalue weighted by atomic mass is 35.5. The molecule has 1 aliphatic carbocycles. The van der Waals surface area contributed by atoms with Gasteiger partial charge in [0.1, 0.15) is 12.2 Å². The second-order valence-electron chi connectivity index (χ2n) is 4.75. The quantitative estimate of drug-likeness (QED) is 0.728. The highest BCUT2D eigenvalue weighted by Crippen LogP contribution is 2.37. The van der Waals surface area contributed by atoms with Crippen molar-refractivity contribution in [2.75, 3.05) is 0 Å². The van der Waals surface area contributed by atoms with Crippen LogP contribution in [0.3, 0.4) is 0 Å². The van der Waals surface area contributed by atoms with E-state index in [2.05, 4.69) is 28.6 Å². The lowest BCUT2D eigenvalue weighted by Crippen LogP contribution is -2.25. The van der Waals surface area contributed by atoms with E-state index >= 15 is 0 Å². The largest absolute Gasteiger partial charge is 0.313 e. The predicted molar refractivity (Wildman–Crippen MR) is 60.8 cm³/mol. The van der Waals surface area contributed by atoms with Crippen molar-refractivity contribution in [3.05, 3.63) is 12.2 Å². The number of aromatic nitrogens is 3. The first-order valence-corrected chi connectivity index (χ1v) is 6.20. The Hall–Kier alpha value is -0.570. The van der Waals surface area contributed by atoms with Gasteiger partial charge in [0.15, 0.2) is 0 Å². The molecule has 0 radical (unpaired) electrons. The van der Waals surface area contributed by atoms with Gasteiger partial charge < -0.3 is 4.57 Å². The molecule has 0 spiro atoms. The molecule has 0 bridgehead atoms. The average molecular weight is 228 g/mol. The minimum atomic E-state index is 0.457. The molecule has 1 heterocycles. The van der Waals surface area contributed by atoms with E-state index in [0.29, 0.717) is 17.8 Å². The summed E-state index contributed by atoms with van der Waals surface area (Å²) in [5.41, 5.74) is 0. The van der Waals surface area contributed by atoms with Crippen molar-refractivity contribution in [3.8, 4) is 0 Å². The monoisotopic (exact) mass is 227 g/mol. The zero-order chi connectivity index (χ0) is 10.8. The van der Waals surface area contributed by atoms with E-state index in [4.69, 9.17) is 11.6 Å². The molecule has 1 saturated carbocycles. The first-order chi connectivity index (χ1) is 7.22. The van der Waals surface area contributed by atoms with Gasteiger partial charge in [-0.2, -0.15) is 0 Å². The molecule has 0 aliphatic heterocycles. The van der Waals surface area contributed by atoms with E-state index in [9.17, 15) is 0 Å². The van der Waals surface area contributed by atoms with Crippen LogP contribution >= 0.6 is 11.6 Å². The third-order valence-electron chi connectivity index (χ3n) is 3.51. The van der Waals surface area contributed by atoms with E-state index in [-0.39, 0.29) is 0 Å². The highest BCUT2D eigenvalue weighted by molar-refractivity contribution is 6.16.